The van der Waals surface area contributed by atoms with Crippen LogP contribution >= 0.6 is 24.0 Å². The fraction of sp³-hybridized carbons (Fsp3) is 0.636. The zero-order valence-electron chi connectivity index (χ0n) is 18.4. The Balaban J connectivity index is 0.00000320. The first-order chi connectivity index (χ1) is 14.0. The van der Waals surface area contributed by atoms with Gasteiger partial charge in [0, 0.05) is 45.8 Å². The van der Waals surface area contributed by atoms with Gasteiger partial charge in [-0.3, -0.25) is 9.69 Å². The molecule has 1 unspecified atom stereocenters. The molecule has 0 aliphatic carbocycles. The lowest BCUT2D eigenvalue weighted by Gasteiger charge is -2.39. The maximum absolute atomic E-state index is 13.8. The highest BCUT2D eigenvalue weighted by molar-refractivity contribution is 14.0. The van der Waals surface area contributed by atoms with Gasteiger partial charge in [0.15, 0.2) is 5.96 Å². The number of hydrogen-bond acceptors (Lipinski definition) is 3. The number of aryl methyl sites for hydroxylation is 1. The highest BCUT2D eigenvalue weighted by Gasteiger charge is 2.30. The Morgan fingerprint density at radius 3 is 2.40 bits per heavy atom. The molecule has 1 atom stereocenters. The summed E-state index contributed by atoms with van der Waals surface area (Å²) in [6, 6.07) is 5.22. The molecule has 3 rings (SSSR count). The fourth-order valence-electron chi connectivity index (χ4n) is 4.01. The van der Waals surface area contributed by atoms with Gasteiger partial charge in [0.25, 0.3) is 0 Å². The van der Waals surface area contributed by atoms with E-state index in [0.29, 0.717) is 12.1 Å². The van der Waals surface area contributed by atoms with Crippen molar-refractivity contribution in [1.29, 1.82) is 0 Å². The number of halogens is 2. The second-order valence-corrected chi connectivity index (χ2v) is 7.99. The molecule has 6 nitrogen and oxygen atoms in total. The molecule has 0 bridgehead atoms. The molecule has 2 heterocycles. The van der Waals surface area contributed by atoms with Gasteiger partial charge in [-0.1, -0.05) is 12.1 Å². The molecule has 0 saturated carbocycles. The largest absolute Gasteiger partial charge is 0.357 e. The molecule has 30 heavy (non-hydrogen) atoms. The van der Waals surface area contributed by atoms with Crippen LogP contribution in [-0.4, -0.2) is 78.4 Å². The standard InChI is InChI=1S/C22H34FN5O.HI/c1-4-24-22(25-16-19-8-7-17(2)20(23)15-19)28-13-11-26(12-14-28)18(3)21(29)27-9-5-6-10-27;/h7-8,15,18H,4-6,9-14,16H2,1-3H3,(H,24,25);1H. The van der Waals surface area contributed by atoms with Crippen LogP contribution in [0, 0.1) is 12.7 Å². The van der Waals surface area contributed by atoms with E-state index in [4.69, 9.17) is 4.99 Å². The average Bonchev–Trinajstić information content (AvgIpc) is 3.27. The molecule has 2 aliphatic heterocycles. The topological polar surface area (TPSA) is 51.2 Å². The maximum Gasteiger partial charge on any atom is 0.239 e. The minimum atomic E-state index is -0.187. The summed E-state index contributed by atoms with van der Waals surface area (Å²) in [6.07, 6.45) is 2.25. The van der Waals surface area contributed by atoms with E-state index in [0.717, 1.165) is 70.2 Å². The smallest absolute Gasteiger partial charge is 0.239 e. The van der Waals surface area contributed by atoms with Gasteiger partial charge in [0.1, 0.15) is 5.82 Å². The SMILES string of the molecule is CCNC(=NCc1ccc(C)c(F)c1)N1CCN(C(C)C(=O)N2CCCC2)CC1.I. The number of hydrogen-bond donors (Lipinski definition) is 1. The fourth-order valence-corrected chi connectivity index (χ4v) is 4.01. The number of likely N-dealkylation sites (tertiary alicyclic amines) is 1. The molecule has 168 valence electrons. The third-order valence-electron chi connectivity index (χ3n) is 5.92. The lowest BCUT2D eigenvalue weighted by molar-refractivity contribution is -0.135. The Bertz CT molecular complexity index is 730. The molecule has 2 saturated heterocycles. The summed E-state index contributed by atoms with van der Waals surface area (Å²) < 4.78 is 13.8. The summed E-state index contributed by atoms with van der Waals surface area (Å²) in [4.78, 5) is 23.9. The number of aliphatic imine (C=N–C) groups is 1. The van der Waals surface area contributed by atoms with Crippen molar-refractivity contribution in [1.82, 2.24) is 20.0 Å². The van der Waals surface area contributed by atoms with Crippen molar-refractivity contribution in [3.05, 3.63) is 35.1 Å². The van der Waals surface area contributed by atoms with Crippen molar-refractivity contribution in [3.63, 3.8) is 0 Å². The molecule has 8 heteroatoms. The highest BCUT2D eigenvalue weighted by Crippen LogP contribution is 2.15. The van der Waals surface area contributed by atoms with Gasteiger partial charge in [-0.05, 0) is 50.8 Å². The zero-order chi connectivity index (χ0) is 20.8. The van der Waals surface area contributed by atoms with Gasteiger partial charge in [0.2, 0.25) is 5.91 Å². The van der Waals surface area contributed by atoms with Crippen LogP contribution in [0.5, 0.6) is 0 Å². The van der Waals surface area contributed by atoms with Gasteiger partial charge in [-0.15, -0.1) is 24.0 Å². The van der Waals surface area contributed by atoms with Gasteiger partial charge in [-0.2, -0.15) is 0 Å². The van der Waals surface area contributed by atoms with Crippen molar-refractivity contribution in [2.45, 2.75) is 46.2 Å². The van der Waals surface area contributed by atoms with E-state index in [9.17, 15) is 9.18 Å². The monoisotopic (exact) mass is 531 g/mol. The van der Waals surface area contributed by atoms with Crippen molar-refractivity contribution in [2.75, 3.05) is 45.8 Å². The highest BCUT2D eigenvalue weighted by atomic mass is 127. The van der Waals surface area contributed by atoms with Crippen molar-refractivity contribution in [3.8, 4) is 0 Å². The number of benzene rings is 1. The number of carbonyl (C=O) groups is 1. The number of carbonyl (C=O) groups excluding carboxylic acids is 1. The minimum Gasteiger partial charge on any atom is -0.357 e. The first kappa shape index (κ1) is 24.8. The quantitative estimate of drug-likeness (QED) is 0.361. The normalized spacial score (nSPS) is 18.9. The zero-order valence-corrected chi connectivity index (χ0v) is 20.7. The van der Waals surface area contributed by atoms with Crippen LogP contribution in [0.1, 0.15) is 37.8 Å². The first-order valence-electron chi connectivity index (χ1n) is 10.8. The predicted octanol–water partition coefficient (Wildman–Crippen LogP) is 2.85. The van der Waals surface area contributed by atoms with Crippen molar-refractivity contribution < 1.29 is 9.18 Å². The molecule has 1 aromatic carbocycles. The molecular weight excluding hydrogens is 496 g/mol. The summed E-state index contributed by atoms with van der Waals surface area (Å²) in [5.74, 6) is 0.928. The number of rotatable bonds is 5. The van der Waals surface area contributed by atoms with Crippen LogP contribution in [0.3, 0.4) is 0 Å². The molecule has 2 fully saturated rings. The number of nitrogens with zero attached hydrogens (tertiary/aromatic N) is 4. The van der Waals surface area contributed by atoms with E-state index in [1.807, 2.05) is 24.8 Å². The van der Waals surface area contributed by atoms with E-state index in [-0.39, 0.29) is 41.7 Å². The number of piperazine rings is 1. The summed E-state index contributed by atoms with van der Waals surface area (Å²) in [5.41, 5.74) is 1.52. The molecule has 1 aromatic rings. The van der Waals surface area contributed by atoms with Crippen LogP contribution in [0.15, 0.2) is 23.2 Å². The lowest BCUT2D eigenvalue weighted by Crippen LogP contribution is -2.57. The van der Waals surface area contributed by atoms with Gasteiger partial charge < -0.3 is 15.1 Å². The molecular formula is C22H35FIN5O. The summed E-state index contributed by atoms with van der Waals surface area (Å²) >= 11 is 0. The Morgan fingerprint density at radius 2 is 1.80 bits per heavy atom. The van der Waals surface area contributed by atoms with Crippen molar-refractivity contribution in [2.24, 2.45) is 4.99 Å². The Hall–Kier alpha value is -1.42. The Kier molecular flexibility index (Phi) is 9.80. The third kappa shape index (κ3) is 6.29. The van der Waals surface area contributed by atoms with Crippen LogP contribution < -0.4 is 5.32 Å². The molecule has 1 amide bonds. The second-order valence-electron chi connectivity index (χ2n) is 7.99. The third-order valence-corrected chi connectivity index (χ3v) is 5.92. The Morgan fingerprint density at radius 1 is 1.13 bits per heavy atom. The number of amides is 1. The van der Waals surface area contributed by atoms with Gasteiger partial charge in [-0.25, -0.2) is 9.38 Å². The van der Waals surface area contributed by atoms with E-state index in [1.54, 1.807) is 19.1 Å². The van der Waals surface area contributed by atoms with Gasteiger partial charge in [0.05, 0.1) is 12.6 Å². The average molecular weight is 531 g/mol. The lowest BCUT2D eigenvalue weighted by atomic mass is 10.1. The van der Waals surface area contributed by atoms with Crippen LogP contribution in [0.4, 0.5) is 4.39 Å². The molecule has 0 radical (unpaired) electrons. The minimum absolute atomic E-state index is 0. The molecule has 0 spiro atoms. The van der Waals surface area contributed by atoms with E-state index >= 15 is 0 Å². The molecule has 0 aromatic heterocycles. The maximum atomic E-state index is 13.8. The van der Waals surface area contributed by atoms with E-state index in [2.05, 4.69) is 15.1 Å². The van der Waals surface area contributed by atoms with Crippen LogP contribution in [0.25, 0.3) is 0 Å². The molecule has 1 N–H and O–H groups in total. The van der Waals surface area contributed by atoms with Crippen molar-refractivity contribution >= 4 is 35.8 Å². The number of guanidine groups is 1. The van der Waals surface area contributed by atoms with Crippen LogP contribution in [0.2, 0.25) is 0 Å². The van der Waals surface area contributed by atoms with Gasteiger partial charge >= 0.3 is 0 Å². The predicted molar refractivity (Wildman–Crippen MR) is 130 cm³/mol. The second kappa shape index (κ2) is 11.8. The Labute approximate surface area is 196 Å². The summed E-state index contributed by atoms with van der Waals surface area (Å²) in [7, 11) is 0. The summed E-state index contributed by atoms with van der Waals surface area (Å²) in [5, 5.41) is 3.35. The van der Waals surface area contributed by atoms with Crippen LogP contribution in [-0.2, 0) is 11.3 Å². The molecule has 2 aliphatic rings. The summed E-state index contributed by atoms with van der Waals surface area (Å²) in [6.45, 7) is 12.2. The van der Waals surface area contributed by atoms with E-state index < -0.39 is 0 Å². The van der Waals surface area contributed by atoms with E-state index in [1.165, 1.54) is 0 Å². The number of nitrogens with one attached hydrogen (secondary N) is 1. The first-order valence-corrected chi connectivity index (χ1v) is 10.8.